The van der Waals surface area contributed by atoms with Crippen LogP contribution in [0.4, 0.5) is 0 Å². The van der Waals surface area contributed by atoms with Crippen LogP contribution in [0.25, 0.3) is 0 Å². The predicted octanol–water partition coefficient (Wildman–Crippen LogP) is 4.31. The van der Waals surface area contributed by atoms with Gasteiger partial charge < -0.3 is 0 Å². The van der Waals surface area contributed by atoms with Gasteiger partial charge in [0.1, 0.15) is 15.7 Å². The van der Waals surface area contributed by atoms with Crippen molar-refractivity contribution in [1.29, 1.82) is 0 Å². The molecule has 3 aromatic rings. The topological polar surface area (TPSA) is 64.1 Å². The number of hydrogen-bond acceptors (Lipinski definition) is 4. The van der Waals surface area contributed by atoms with Gasteiger partial charge in [-0.05, 0) is 63.6 Å². The largest absolute Gasteiger partial charge is 0.247 e. The first-order valence-corrected chi connectivity index (χ1v) is 11.1. The molecule has 1 aromatic heterocycles. The summed E-state index contributed by atoms with van der Waals surface area (Å²) >= 11 is 0. The molecule has 0 radical (unpaired) electrons. The third kappa shape index (κ3) is 3.87. The molecule has 0 spiro atoms. The fourth-order valence-corrected chi connectivity index (χ4v) is 6.06. The van der Waals surface area contributed by atoms with Crippen LogP contribution in [0, 0.1) is 27.7 Å². The first-order chi connectivity index (χ1) is 12.7. The highest BCUT2D eigenvalue weighted by Crippen LogP contribution is 2.31. The molecule has 2 aromatic carbocycles. The number of benzene rings is 2. The number of aromatic nitrogens is 1. The first kappa shape index (κ1) is 19.5. The van der Waals surface area contributed by atoms with Gasteiger partial charge in [0.05, 0.1) is 4.90 Å². The summed E-state index contributed by atoms with van der Waals surface area (Å²) in [6.45, 7) is 7.32. The van der Waals surface area contributed by atoms with Gasteiger partial charge in [-0.1, -0.05) is 35.4 Å². The number of pyridine rings is 1. The molecule has 1 atom stereocenters. The molecule has 140 valence electrons. The van der Waals surface area contributed by atoms with Crippen LogP contribution in [0.1, 0.15) is 22.4 Å². The van der Waals surface area contributed by atoms with E-state index in [9.17, 15) is 12.6 Å². The molecule has 1 heterocycles. The van der Waals surface area contributed by atoms with Crippen molar-refractivity contribution in [1.82, 2.24) is 4.98 Å². The van der Waals surface area contributed by atoms with E-state index in [1.807, 2.05) is 26.0 Å². The average molecular weight is 400 g/mol. The van der Waals surface area contributed by atoms with E-state index in [1.54, 1.807) is 56.3 Å². The molecule has 4 nitrogen and oxygen atoms in total. The third-order valence-corrected chi connectivity index (χ3v) is 7.69. The van der Waals surface area contributed by atoms with Crippen molar-refractivity contribution in [2.75, 3.05) is 0 Å². The van der Waals surface area contributed by atoms with Crippen LogP contribution in [0.2, 0.25) is 0 Å². The van der Waals surface area contributed by atoms with Gasteiger partial charge in [0.25, 0.3) is 0 Å². The minimum Gasteiger partial charge on any atom is -0.247 e. The van der Waals surface area contributed by atoms with E-state index in [-0.39, 0.29) is 14.8 Å². The molecule has 0 saturated heterocycles. The fraction of sp³-hybridized carbons (Fsp3) is 0.190. The highest BCUT2D eigenvalue weighted by Gasteiger charge is 2.28. The standard InChI is InChI=1S/C21H21NO3S2/c1-14-5-9-18(10-6-14)26(23)21-20(16(3)13-17(4)22-21)27(24,25)19-11-7-15(2)8-12-19/h5-13H,1-4H3/t26-/m1/s1. The minimum atomic E-state index is -3.85. The number of hydrogen-bond donors (Lipinski definition) is 0. The Morgan fingerprint density at radius 2 is 1.33 bits per heavy atom. The van der Waals surface area contributed by atoms with E-state index in [1.165, 1.54) is 0 Å². The van der Waals surface area contributed by atoms with Crippen LogP contribution in [0.5, 0.6) is 0 Å². The van der Waals surface area contributed by atoms with Crippen molar-refractivity contribution in [3.05, 3.63) is 77.0 Å². The zero-order chi connectivity index (χ0) is 19.8. The summed E-state index contributed by atoms with van der Waals surface area (Å²) in [4.78, 5) is 5.08. The summed E-state index contributed by atoms with van der Waals surface area (Å²) in [5.41, 5.74) is 3.18. The van der Waals surface area contributed by atoms with Crippen LogP contribution in [0.3, 0.4) is 0 Å². The number of sulfone groups is 1. The molecule has 27 heavy (non-hydrogen) atoms. The van der Waals surface area contributed by atoms with E-state index in [0.29, 0.717) is 16.2 Å². The smallest absolute Gasteiger partial charge is 0.209 e. The number of nitrogens with zero attached hydrogens (tertiary/aromatic N) is 1. The number of aryl methyl sites for hydroxylation is 4. The SMILES string of the molecule is Cc1ccc([S@@](=O)c2nc(C)cc(C)c2S(=O)(=O)c2ccc(C)cc2)cc1. The molecular weight excluding hydrogens is 378 g/mol. The van der Waals surface area contributed by atoms with Gasteiger partial charge in [-0.3, -0.25) is 0 Å². The van der Waals surface area contributed by atoms with Crippen LogP contribution < -0.4 is 0 Å². The molecule has 0 aliphatic heterocycles. The van der Waals surface area contributed by atoms with Gasteiger partial charge in [0.15, 0.2) is 5.03 Å². The Hall–Kier alpha value is -2.31. The molecule has 0 N–H and O–H groups in total. The van der Waals surface area contributed by atoms with Gasteiger partial charge in [0.2, 0.25) is 9.84 Å². The van der Waals surface area contributed by atoms with Crippen molar-refractivity contribution >= 4 is 20.6 Å². The zero-order valence-electron chi connectivity index (χ0n) is 15.7. The Balaban J connectivity index is 2.23. The molecule has 0 amide bonds. The minimum absolute atomic E-state index is 0.0239. The molecular formula is C21H21NO3S2. The zero-order valence-corrected chi connectivity index (χ0v) is 17.3. The summed E-state index contributed by atoms with van der Waals surface area (Å²) in [7, 11) is -5.55. The van der Waals surface area contributed by atoms with E-state index in [0.717, 1.165) is 11.1 Å². The second-order valence-electron chi connectivity index (χ2n) is 6.61. The predicted molar refractivity (Wildman–Crippen MR) is 106 cm³/mol. The molecule has 6 heteroatoms. The third-order valence-electron chi connectivity index (χ3n) is 4.27. The van der Waals surface area contributed by atoms with E-state index in [2.05, 4.69) is 4.98 Å². The lowest BCUT2D eigenvalue weighted by atomic mass is 10.2. The van der Waals surface area contributed by atoms with Crippen molar-refractivity contribution in [3.63, 3.8) is 0 Å². The average Bonchev–Trinajstić information content (AvgIpc) is 2.61. The van der Waals surface area contributed by atoms with E-state index < -0.39 is 20.6 Å². The van der Waals surface area contributed by atoms with Crippen molar-refractivity contribution in [3.8, 4) is 0 Å². The maximum Gasteiger partial charge on any atom is 0.209 e. The summed E-state index contributed by atoms with van der Waals surface area (Å²) in [6.07, 6.45) is 0. The Kier molecular flexibility index (Phi) is 5.31. The second-order valence-corrected chi connectivity index (χ2v) is 9.90. The van der Waals surface area contributed by atoms with Gasteiger partial charge in [0, 0.05) is 10.6 Å². The summed E-state index contributed by atoms with van der Waals surface area (Å²) in [6, 6.07) is 15.5. The van der Waals surface area contributed by atoms with Crippen LogP contribution in [0.15, 0.2) is 74.3 Å². The Morgan fingerprint density at radius 3 is 1.89 bits per heavy atom. The lowest BCUT2D eigenvalue weighted by Crippen LogP contribution is -2.12. The maximum atomic E-state index is 13.3. The quantitative estimate of drug-likeness (QED) is 0.656. The highest BCUT2D eigenvalue weighted by atomic mass is 32.2. The summed E-state index contributed by atoms with van der Waals surface area (Å²) in [5.74, 6) is 0. The lowest BCUT2D eigenvalue weighted by molar-refractivity contribution is 0.590. The van der Waals surface area contributed by atoms with Gasteiger partial charge >= 0.3 is 0 Å². The Labute approximate surface area is 162 Å². The summed E-state index contributed by atoms with van der Waals surface area (Å²) in [5, 5.41) is 0.0805. The van der Waals surface area contributed by atoms with Gasteiger partial charge in [-0.15, -0.1) is 0 Å². The molecule has 0 saturated carbocycles. The Morgan fingerprint density at radius 1 is 0.815 bits per heavy atom. The van der Waals surface area contributed by atoms with Gasteiger partial charge in [-0.2, -0.15) is 0 Å². The van der Waals surface area contributed by atoms with Crippen LogP contribution in [-0.4, -0.2) is 17.6 Å². The molecule has 0 fully saturated rings. The summed E-state index contributed by atoms with van der Waals surface area (Å²) < 4.78 is 39.8. The highest BCUT2D eigenvalue weighted by molar-refractivity contribution is 7.92. The van der Waals surface area contributed by atoms with Crippen LogP contribution >= 0.6 is 0 Å². The normalized spacial score (nSPS) is 12.7. The first-order valence-electron chi connectivity index (χ1n) is 8.48. The second kappa shape index (κ2) is 7.37. The fourth-order valence-electron chi connectivity index (χ4n) is 2.85. The van der Waals surface area contributed by atoms with Crippen molar-refractivity contribution in [2.45, 2.75) is 47.4 Å². The Bertz CT molecular complexity index is 1120. The number of rotatable bonds is 4. The molecule has 0 aliphatic rings. The molecule has 0 aliphatic carbocycles. The van der Waals surface area contributed by atoms with E-state index in [4.69, 9.17) is 0 Å². The van der Waals surface area contributed by atoms with Crippen LogP contribution in [-0.2, 0) is 20.6 Å². The lowest BCUT2D eigenvalue weighted by Gasteiger charge is -2.14. The maximum absolute atomic E-state index is 13.3. The molecule has 3 rings (SSSR count). The van der Waals surface area contributed by atoms with E-state index >= 15 is 0 Å². The molecule has 0 unspecified atom stereocenters. The van der Waals surface area contributed by atoms with Crippen molar-refractivity contribution < 1.29 is 12.6 Å². The van der Waals surface area contributed by atoms with Gasteiger partial charge in [-0.25, -0.2) is 17.6 Å². The monoisotopic (exact) mass is 399 g/mol. The molecule has 0 bridgehead atoms. The van der Waals surface area contributed by atoms with Crippen molar-refractivity contribution in [2.24, 2.45) is 0 Å².